The van der Waals surface area contributed by atoms with E-state index in [1.54, 1.807) is 11.8 Å². The molecule has 2 rings (SSSR count). The zero-order valence-electron chi connectivity index (χ0n) is 12.2. The first kappa shape index (κ1) is 15.9. The Morgan fingerprint density at radius 2 is 1.81 bits per heavy atom. The quantitative estimate of drug-likeness (QED) is 0.650. The minimum atomic E-state index is -0.0187. The fourth-order valence-corrected chi connectivity index (χ4v) is 2.74. The molecule has 0 aliphatic carbocycles. The number of hydrogen-bond acceptors (Lipinski definition) is 2. The zero-order chi connectivity index (χ0) is 15.2. The summed E-state index contributed by atoms with van der Waals surface area (Å²) >= 11 is 7.54. The van der Waals surface area contributed by atoms with Crippen molar-refractivity contribution in [3.63, 3.8) is 0 Å². The summed E-state index contributed by atoms with van der Waals surface area (Å²) in [4.78, 5) is 13.2. The van der Waals surface area contributed by atoms with E-state index in [4.69, 9.17) is 11.6 Å². The minimum absolute atomic E-state index is 0.0187. The molecule has 0 aliphatic heterocycles. The smallest absolute Gasteiger partial charge is 0.251 e. The number of thioether (sulfide) groups is 1. The second-order valence-corrected chi connectivity index (χ2v) is 6.46. The van der Waals surface area contributed by atoms with E-state index in [-0.39, 0.29) is 5.91 Å². The Hall–Kier alpha value is -1.45. The summed E-state index contributed by atoms with van der Waals surface area (Å²) < 4.78 is 0. The topological polar surface area (TPSA) is 29.1 Å². The van der Waals surface area contributed by atoms with Gasteiger partial charge in [-0.3, -0.25) is 4.79 Å². The van der Waals surface area contributed by atoms with Crippen molar-refractivity contribution in [2.24, 2.45) is 0 Å². The van der Waals surface area contributed by atoms with Crippen LogP contribution in [0, 0.1) is 13.8 Å². The summed E-state index contributed by atoms with van der Waals surface area (Å²) in [5.41, 5.74) is 3.05. The van der Waals surface area contributed by atoms with Gasteiger partial charge in [0.1, 0.15) is 0 Å². The molecule has 0 aliphatic rings. The van der Waals surface area contributed by atoms with Crippen molar-refractivity contribution in [1.82, 2.24) is 5.32 Å². The molecule has 0 bridgehead atoms. The molecular formula is C17H18ClNOS. The molecule has 0 fully saturated rings. The first-order valence-corrected chi connectivity index (χ1v) is 8.16. The van der Waals surface area contributed by atoms with E-state index in [2.05, 4.69) is 5.32 Å². The van der Waals surface area contributed by atoms with Crippen molar-refractivity contribution in [3.05, 3.63) is 64.2 Å². The lowest BCUT2D eigenvalue weighted by molar-refractivity contribution is 0.0956. The van der Waals surface area contributed by atoms with E-state index >= 15 is 0 Å². The van der Waals surface area contributed by atoms with Gasteiger partial charge >= 0.3 is 0 Å². The van der Waals surface area contributed by atoms with Crippen LogP contribution in [0.2, 0.25) is 5.02 Å². The van der Waals surface area contributed by atoms with Crippen LogP contribution < -0.4 is 5.32 Å². The predicted octanol–water partition coefficient (Wildman–Crippen LogP) is 4.48. The van der Waals surface area contributed by atoms with Crippen molar-refractivity contribution < 1.29 is 4.79 Å². The van der Waals surface area contributed by atoms with Crippen LogP contribution in [0.4, 0.5) is 0 Å². The zero-order valence-corrected chi connectivity index (χ0v) is 13.7. The fourth-order valence-electron chi connectivity index (χ4n) is 1.85. The van der Waals surface area contributed by atoms with Crippen molar-refractivity contribution in [1.29, 1.82) is 0 Å². The van der Waals surface area contributed by atoms with Crippen LogP contribution in [-0.2, 0) is 0 Å². The lowest BCUT2D eigenvalue weighted by Crippen LogP contribution is -2.25. The van der Waals surface area contributed by atoms with Gasteiger partial charge in [-0.2, -0.15) is 0 Å². The maximum Gasteiger partial charge on any atom is 0.251 e. The second-order valence-electron chi connectivity index (χ2n) is 4.86. The normalized spacial score (nSPS) is 10.4. The highest BCUT2D eigenvalue weighted by Crippen LogP contribution is 2.19. The van der Waals surface area contributed by atoms with Crippen molar-refractivity contribution in [3.8, 4) is 0 Å². The average Bonchev–Trinajstić information content (AvgIpc) is 2.48. The number of carbonyl (C=O) groups excluding carboxylic acids is 1. The number of benzene rings is 2. The molecule has 2 aromatic rings. The van der Waals surface area contributed by atoms with Crippen LogP contribution in [0.5, 0.6) is 0 Å². The molecule has 0 unspecified atom stereocenters. The van der Waals surface area contributed by atoms with Crippen molar-refractivity contribution >= 4 is 29.3 Å². The van der Waals surface area contributed by atoms with E-state index < -0.39 is 0 Å². The molecule has 4 heteroatoms. The summed E-state index contributed by atoms with van der Waals surface area (Å²) in [7, 11) is 0. The van der Waals surface area contributed by atoms with E-state index in [9.17, 15) is 4.79 Å². The number of carbonyl (C=O) groups is 1. The standard InChI is InChI=1S/C17H18ClNOS/c1-12-3-4-14(11-13(12)2)17(20)19-9-10-21-16-7-5-15(18)6-8-16/h3-8,11H,9-10H2,1-2H3,(H,19,20). The van der Waals surface area contributed by atoms with Gasteiger partial charge in [0.25, 0.3) is 5.91 Å². The summed E-state index contributed by atoms with van der Waals surface area (Å²) in [5, 5.41) is 3.68. The number of aryl methyl sites for hydroxylation is 2. The van der Waals surface area contributed by atoms with Crippen LogP contribution in [-0.4, -0.2) is 18.2 Å². The van der Waals surface area contributed by atoms with Crippen LogP contribution in [0.25, 0.3) is 0 Å². The summed E-state index contributed by atoms with van der Waals surface area (Å²) in [6, 6.07) is 13.5. The molecule has 0 saturated heterocycles. The van der Waals surface area contributed by atoms with E-state index in [1.165, 1.54) is 5.56 Å². The third-order valence-corrected chi connectivity index (χ3v) is 4.50. The van der Waals surface area contributed by atoms with Gasteiger partial charge in [-0.05, 0) is 61.4 Å². The Bertz CT molecular complexity index is 625. The van der Waals surface area contributed by atoms with Gasteiger partial charge < -0.3 is 5.32 Å². The third-order valence-electron chi connectivity index (χ3n) is 3.24. The molecule has 21 heavy (non-hydrogen) atoms. The van der Waals surface area contributed by atoms with Crippen LogP contribution in [0.15, 0.2) is 47.4 Å². The number of hydrogen-bond donors (Lipinski definition) is 1. The first-order chi connectivity index (χ1) is 10.1. The van der Waals surface area contributed by atoms with Crippen molar-refractivity contribution in [2.45, 2.75) is 18.7 Å². The molecule has 110 valence electrons. The molecule has 0 heterocycles. The van der Waals surface area contributed by atoms with Crippen LogP contribution in [0.3, 0.4) is 0 Å². The molecule has 1 amide bonds. The van der Waals surface area contributed by atoms with Gasteiger partial charge in [-0.1, -0.05) is 17.7 Å². The van der Waals surface area contributed by atoms with Crippen LogP contribution in [0.1, 0.15) is 21.5 Å². The molecule has 1 N–H and O–H groups in total. The molecule has 0 atom stereocenters. The molecule has 2 nitrogen and oxygen atoms in total. The Morgan fingerprint density at radius 3 is 2.48 bits per heavy atom. The highest BCUT2D eigenvalue weighted by Gasteiger charge is 2.05. The van der Waals surface area contributed by atoms with Crippen LogP contribution >= 0.6 is 23.4 Å². The van der Waals surface area contributed by atoms with E-state index in [0.717, 1.165) is 26.8 Å². The minimum Gasteiger partial charge on any atom is -0.351 e. The highest BCUT2D eigenvalue weighted by atomic mass is 35.5. The molecule has 0 spiro atoms. The average molecular weight is 320 g/mol. The summed E-state index contributed by atoms with van der Waals surface area (Å²) in [6.07, 6.45) is 0. The van der Waals surface area contributed by atoms with Gasteiger partial charge in [0.15, 0.2) is 0 Å². The Morgan fingerprint density at radius 1 is 1.10 bits per heavy atom. The number of nitrogens with one attached hydrogen (secondary N) is 1. The summed E-state index contributed by atoms with van der Waals surface area (Å²) in [5.74, 6) is 0.813. The maximum atomic E-state index is 12.0. The molecule has 0 radical (unpaired) electrons. The first-order valence-electron chi connectivity index (χ1n) is 6.80. The van der Waals surface area contributed by atoms with Crippen molar-refractivity contribution in [2.75, 3.05) is 12.3 Å². The molecule has 0 aromatic heterocycles. The van der Waals surface area contributed by atoms with Gasteiger partial charge in [-0.25, -0.2) is 0 Å². The lowest BCUT2D eigenvalue weighted by atomic mass is 10.1. The van der Waals surface area contributed by atoms with E-state index in [0.29, 0.717) is 6.54 Å². The largest absolute Gasteiger partial charge is 0.351 e. The Balaban J connectivity index is 1.79. The summed E-state index contributed by atoms with van der Waals surface area (Å²) in [6.45, 7) is 4.70. The number of halogens is 1. The van der Waals surface area contributed by atoms with Gasteiger partial charge in [0.2, 0.25) is 0 Å². The monoisotopic (exact) mass is 319 g/mol. The fraction of sp³-hybridized carbons (Fsp3) is 0.235. The number of amides is 1. The third kappa shape index (κ3) is 4.80. The predicted molar refractivity (Wildman–Crippen MR) is 90.4 cm³/mol. The van der Waals surface area contributed by atoms with Gasteiger partial charge in [0.05, 0.1) is 0 Å². The van der Waals surface area contributed by atoms with Gasteiger partial charge in [-0.15, -0.1) is 11.8 Å². The molecular weight excluding hydrogens is 302 g/mol. The molecule has 2 aromatic carbocycles. The maximum absolute atomic E-state index is 12.0. The second kappa shape index (κ2) is 7.53. The Kier molecular flexibility index (Phi) is 5.71. The van der Waals surface area contributed by atoms with Gasteiger partial charge in [0, 0.05) is 27.8 Å². The highest BCUT2D eigenvalue weighted by molar-refractivity contribution is 7.99. The SMILES string of the molecule is Cc1ccc(C(=O)NCCSc2ccc(Cl)cc2)cc1C. The van der Waals surface area contributed by atoms with E-state index in [1.807, 2.05) is 56.3 Å². The number of rotatable bonds is 5. The lowest BCUT2D eigenvalue weighted by Gasteiger charge is -2.07. The Labute approximate surface area is 134 Å². The molecule has 0 saturated carbocycles.